The highest BCUT2D eigenvalue weighted by Crippen LogP contribution is 2.41. The minimum absolute atomic E-state index is 0.155. The fraction of sp³-hybridized carbons (Fsp3) is 0.500. The molecule has 0 radical (unpaired) electrons. The maximum absolute atomic E-state index is 5.99. The van der Waals surface area contributed by atoms with Crippen molar-refractivity contribution in [3.8, 4) is 11.5 Å². The number of rotatable bonds is 2. The number of hydrogen-bond donors (Lipinski definition) is 1. The minimum Gasteiger partial charge on any atom is -0.486 e. The average Bonchev–Trinajstić information content (AvgIpc) is 2.81. The van der Waals surface area contributed by atoms with E-state index in [4.69, 9.17) is 15.2 Å². The van der Waals surface area contributed by atoms with Crippen molar-refractivity contribution in [1.82, 2.24) is 4.90 Å². The molecule has 3 rings (SSSR count). The molecule has 1 atom stereocenters. The van der Waals surface area contributed by atoms with Crippen LogP contribution >= 0.6 is 15.9 Å². The van der Waals surface area contributed by atoms with Gasteiger partial charge in [0, 0.05) is 6.04 Å². The Morgan fingerprint density at radius 1 is 1.35 bits per heavy atom. The molecule has 1 unspecified atom stereocenters. The summed E-state index contributed by atoms with van der Waals surface area (Å²) >= 11 is 3.56. The molecule has 6 heteroatoms. The Morgan fingerprint density at radius 2 is 2.10 bits per heavy atom. The van der Waals surface area contributed by atoms with Crippen LogP contribution in [0.25, 0.3) is 0 Å². The quantitative estimate of drug-likeness (QED) is 0.898. The highest BCUT2D eigenvalue weighted by molar-refractivity contribution is 9.10. The Balaban J connectivity index is 1.97. The fourth-order valence-corrected chi connectivity index (χ4v) is 3.30. The second-order valence-electron chi connectivity index (χ2n) is 5.24. The molecule has 0 fully saturated rings. The Hall–Kier alpha value is -1.43. The van der Waals surface area contributed by atoms with Gasteiger partial charge in [0.1, 0.15) is 13.2 Å². The molecule has 0 aliphatic carbocycles. The van der Waals surface area contributed by atoms with Crippen LogP contribution in [-0.4, -0.2) is 36.7 Å². The first-order chi connectivity index (χ1) is 9.58. The average molecular weight is 340 g/mol. The van der Waals surface area contributed by atoms with E-state index in [9.17, 15) is 0 Å². The van der Waals surface area contributed by atoms with Crippen LogP contribution in [0.5, 0.6) is 11.5 Å². The van der Waals surface area contributed by atoms with Crippen molar-refractivity contribution in [2.75, 3.05) is 19.8 Å². The molecule has 20 heavy (non-hydrogen) atoms. The maximum atomic E-state index is 5.99. The summed E-state index contributed by atoms with van der Waals surface area (Å²) in [5.74, 6) is 2.17. The van der Waals surface area contributed by atoms with Gasteiger partial charge in [0.15, 0.2) is 17.5 Å². The van der Waals surface area contributed by atoms with Gasteiger partial charge in [0.25, 0.3) is 0 Å². The molecule has 2 aliphatic heterocycles. The zero-order valence-electron chi connectivity index (χ0n) is 11.6. The van der Waals surface area contributed by atoms with Crippen molar-refractivity contribution in [3.05, 3.63) is 22.2 Å². The lowest BCUT2D eigenvalue weighted by molar-refractivity contribution is 0.169. The lowest BCUT2D eigenvalue weighted by atomic mass is 10.0. The zero-order chi connectivity index (χ0) is 14.3. The van der Waals surface area contributed by atoms with Crippen LogP contribution in [0.15, 0.2) is 21.6 Å². The third-order valence-electron chi connectivity index (χ3n) is 3.59. The van der Waals surface area contributed by atoms with Gasteiger partial charge in [-0.2, -0.15) is 0 Å². The van der Waals surface area contributed by atoms with Crippen LogP contribution in [0, 0.1) is 0 Å². The standard InChI is InChI=1S/C14H18BrN3O2/c1-8(2)18-11(7-17-14(18)16)9-5-10(15)13-12(6-9)19-3-4-20-13/h5-6,8,11H,3-4,7H2,1-2H3,(H2,16,17). The molecule has 0 bridgehead atoms. The number of aliphatic imine (C=N–C) groups is 1. The van der Waals surface area contributed by atoms with Gasteiger partial charge in [-0.3, -0.25) is 4.99 Å². The Bertz CT molecular complexity index is 560. The van der Waals surface area contributed by atoms with Crippen LogP contribution in [0.2, 0.25) is 0 Å². The summed E-state index contributed by atoms with van der Waals surface area (Å²) in [6.45, 7) is 6.08. The molecule has 5 nitrogen and oxygen atoms in total. The van der Waals surface area contributed by atoms with E-state index in [0.29, 0.717) is 31.8 Å². The first kappa shape index (κ1) is 13.5. The smallest absolute Gasteiger partial charge is 0.192 e. The van der Waals surface area contributed by atoms with Crippen molar-refractivity contribution in [2.45, 2.75) is 25.9 Å². The number of ether oxygens (including phenoxy) is 2. The number of nitrogens with two attached hydrogens (primary N) is 1. The van der Waals surface area contributed by atoms with Crippen molar-refractivity contribution < 1.29 is 9.47 Å². The monoisotopic (exact) mass is 339 g/mol. The van der Waals surface area contributed by atoms with E-state index in [1.54, 1.807) is 0 Å². The molecule has 2 heterocycles. The minimum atomic E-state index is 0.155. The van der Waals surface area contributed by atoms with Crippen LogP contribution in [0.1, 0.15) is 25.5 Å². The van der Waals surface area contributed by atoms with E-state index in [1.165, 1.54) is 0 Å². The third kappa shape index (κ3) is 2.22. The van der Waals surface area contributed by atoms with Crippen LogP contribution in [-0.2, 0) is 0 Å². The van der Waals surface area contributed by atoms with E-state index in [2.05, 4.69) is 45.7 Å². The predicted molar refractivity (Wildman–Crippen MR) is 81.3 cm³/mol. The zero-order valence-corrected chi connectivity index (χ0v) is 13.2. The number of guanidine groups is 1. The molecule has 0 spiro atoms. The maximum Gasteiger partial charge on any atom is 0.192 e. The molecule has 1 aromatic carbocycles. The van der Waals surface area contributed by atoms with Crippen LogP contribution in [0.3, 0.4) is 0 Å². The number of hydrogen-bond acceptors (Lipinski definition) is 5. The van der Waals surface area contributed by atoms with E-state index in [-0.39, 0.29) is 6.04 Å². The van der Waals surface area contributed by atoms with Gasteiger partial charge in [0.2, 0.25) is 0 Å². The number of fused-ring (bicyclic) bond motifs is 1. The van der Waals surface area contributed by atoms with E-state index in [0.717, 1.165) is 21.5 Å². The lowest BCUT2D eigenvalue weighted by Crippen LogP contribution is -2.41. The molecular weight excluding hydrogens is 322 g/mol. The summed E-state index contributed by atoms with van der Waals surface area (Å²) in [7, 11) is 0. The van der Waals surface area contributed by atoms with Gasteiger partial charge in [-0.05, 0) is 47.5 Å². The summed E-state index contributed by atoms with van der Waals surface area (Å²) in [6, 6.07) is 4.56. The Kier molecular flexibility index (Phi) is 3.50. The van der Waals surface area contributed by atoms with Crippen molar-refractivity contribution in [2.24, 2.45) is 10.7 Å². The van der Waals surface area contributed by atoms with Gasteiger partial charge in [0.05, 0.1) is 17.1 Å². The van der Waals surface area contributed by atoms with Gasteiger partial charge in [-0.25, -0.2) is 0 Å². The molecule has 108 valence electrons. The highest BCUT2D eigenvalue weighted by Gasteiger charge is 2.31. The number of benzene rings is 1. The molecule has 1 aromatic rings. The summed E-state index contributed by atoms with van der Waals surface area (Å²) < 4.78 is 12.2. The first-order valence-corrected chi connectivity index (χ1v) is 7.54. The predicted octanol–water partition coefficient (Wildman–Crippen LogP) is 2.30. The van der Waals surface area contributed by atoms with Crippen LogP contribution < -0.4 is 15.2 Å². The second-order valence-corrected chi connectivity index (χ2v) is 6.10. The van der Waals surface area contributed by atoms with Gasteiger partial charge < -0.3 is 20.1 Å². The van der Waals surface area contributed by atoms with Crippen LogP contribution in [0.4, 0.5) is 0 Å². The topological polar surface area (TPSA) is 60.1 Å². The highest BCUT2D eigenvalue weighted by atomic mass is 79.9. The Labute approximate surface area is 126 Å². The van der Waals surface area contributed by atoms with Gasteiger partial charge >= 0.3 is 0 Å². The van der Waals surface area contributed by atoms with Gasteiger partial charge in [-0.15, -0.1) is 0 Å². The van der Waals surface area contributed by atoms with Gasteiger partial charge in [-0.1, -0.05) is 0 Å². The summed E-state index contributed by atoms with van der Waals surface area (Å²) in [5.41, 5.74) is 7.13. The number of nitrogens with zero attached hydrogens (tertiary/aromatic N) is 2. The summed E-state index contributed by atoms with van der Waals surface area (Å²) in [4.78, 5) is 6.51. The van der Waals surface area contributed by atoms with Crippen molar-refractivity contribution in [1.29, 1.82) is 0 Å². The lowest BCUT2D eigenvalue weighted by Gasteiger charge is -2.31. The molecule has 0 aromatic heterocycles. The molecule has 0 saturated carbocycles. The molecular formula is C14H18BrN3O2. The summed E-state index contributed by atoms with van der Waals surface area (Å²) in [6.07, 6.45) is 0. The van der Waals surface area contributed by atoms with Crippen molar-refractivity contribution >= 4 is 21.9 Å². The summed E-state index contributed by atoms with van der Waals surface area (Å²) in [5, 5.41) is 0. The fourth-order valence-electron chi connectivity index (χ4n) is 2.72. The normalized spacial score (nSPS) is 21.3. The SMILES string of the molecule is CC(C)N1C(N)=NCC1c1cc(Br)c2c(c1)OCCO2. The largest absolute Gasteiger partial charge is 0.486 e. The second kappa shape index (κ2) is 5.16. The van der Waals surface area contributed by atoms with E-state index >= 15 is 0 Å². The third-order valence-corrected chi connectivity index (χ3v) is 4.18. The number of halogens is 1. The van der Waals surface area contributed by atoms with Crippen molar-refractivity contribution in [3.63, 3.8) is 0 Å². The molecule has 0 saturated heterocycles. The molecule has 2 N–H and O–H groups in total. The first-order valence-electron chi connectivity index (χ1n) is 6.75. The Morgan fingerprint density at radius 3 is 2.85 bits per heavy atom. The molecule has 2 aliphatic rings. The molecule has 0 amide bonds. The van der Waals surface area contributed by atoms with E-state index in [1.807, 2.05) is 6.07 Å². The van der Waals surface area contributed by atoms with E-state index < -0.39 is 0 Å².